The molecule has 0 saturated heterocycles. The summed E-state index contributed by atoms with van der Waals surface area (Å²) in [7, 11) is 0. The number of carbonyl (C=O) groups is 1. The molecule has 3 nitrogen and oxygen atoms in total. The highest BCUT2D eigenvalue weighted by Crippen LogP contribution is 2.15. The number of nitrogens with zero attached hydrogens (tertiary/aromatic N) is 1. The molecule has 0 unspecified atom stereocenters. The maximum Gasteiger partial charge on any atom is 0.240 e. The van der Waals surface area contributed by atoms with E-state index in [0.29, 0.717) is 6.42 Å². The highest BCUT2D eigenvalue weighted by atomic mass is 32.1. The minimum Gasteiger partial charge on any atom is -0.273 e. The molecule has 0 bridgehead atoms. The first kappa shape index (κ1) is 14.5. The van der Waals surface area contributed by atoms with Gasteiger partial charge in [0.25, 0.3) is 0 Å². The zero-order valence-corrected chi connectivity index (χ0v) is 12.5. The van der Waals surface area contributed by atoms with E-state index in [0.717, 1.165) is 22.6 Å². The smallest absolute Gasteiger partial charge is 0.240 e. The maximum absolute atomic E-state index is 11.7. The van der Waals surface area contributed by atoms with Gasteiger partial charge in [-0.3, -0.25) is 4.79 Å². The number of benzene rings is 1. The molecule has 1 aromatic carbocycles. The quantitative estimate of drug-likeness (QED) is 0.663. The Labute approximate surface area is 123 Å². The second-order valence-corrected chi connectivity index (χ2v) is 5.92. The monoisotopic (exact) mass is 286 g/mol. The topological polar surface area (TPSA) is 41.5 Å². The van der Waals surface area contributed by atoms with E-state index in [1.807, 2.05) is 43.3 Å². The number of carbonyl (C=O) groups excluding carboxylic acids is 1. The molecule has 1 N–H and O–H groups in total. The fourth-order valence-electron chi connectivity index (χ4n) is 1.79. The molecule has 0 aliphatic carbocycles. The maximum atomic E-state index is 11.7. The molecule has 0 saturated carbocycles. The zero-order chi connectivity index (χ0) is 14.4. The van der Waals surface area contributed by atoms with E-state index in [2.05, 4.69) is 23.5 Å². The van der Waals surface area contributed by atoms with Crippen molar-refractivity contribution >= 4 is 23.0 Å². The van der Waals surface area contributed by atoms with Crippen molar-refractivity contribution in [2.45, 2.75) is 26.7 Å². The van der Waals surface area contributed by atoms with E-state index in [-0.39, 0.29) is 5.91 Å². The molecule has 2 rings (SSSR count). The SMILES string of the molecule is C/C(=N\NC(=O)CCc1ccccc1)c1ccc(C)s1. The third-order valence-corrected chi connectivity index (χ3v) is 4.04. The molecule has 1 heterocycles. The van der Waals surface area contributed by atoms with Crippen LogP contribution in [0.25, 0.3) is 0 Å². The Balaban J connectivity index is 1.83. The minimum absolute atomic E-state index is 0.0542. The van der Waals surface area contributed by atoms with Gasteiger partial charge >= 0.3 is 0 Å². The molecule has 0 aliphatic rings. The number of hydrogen-bond donors (Lipinski definition) is 1. The molecule has 1 amide bonds. The van der Waals surface area contributed by atoms with Crippen molar-refractivity contribution in [3.05, 3.63) is 57.8 Å². The Morgan fingerprint density at radius 1 is 1.20 bits per heavy atom. The van der Waals surface area contributed by atoms with Gasteiger partial charge < -0.3 is 0 Å². The summed E-state index contributed by atoms with van der Waals surface area (Å²) >= 11 is 1.68. The van der Waals surface area contributed by atoms with Gasteiger partial charge in [-0.25, -0.2) is 5.43 Å². The Kier molecular flexibility index (Phi) is 5.07. The van der Waals surface area contributed by atoms with Gasteiger partial charge in [0.15, 0.2) is 0 Å². The average Bonchev–Trinajstić information content (AvgIpc) is 2.90. The van der Waals surface area contributed by atoms with Crippen LogP contribution in [-0.4, -0.2) is 11.6 Å². The molecule has 0 fully saturated rings. The van der Waals surface area contributed by atoms with Crippen LogP contribution >= 0.6 is 11.3 Å². The van der Waals surface area contributed by atoms with Gasteiger partial charge in [0.05, 0.1) is 10.6 Å². The van der Waals surface area contributed by atoms with Gasteiger partial charge in [-0.1, -0.05) is 30.3 Å². The summed E-state index contributed by atoms with van der Waals surface area (Å²) in [4.78, 5) is 14.1. The first-order chi connectivity index (χ1) is 9.65. The molecule has 0 spiro atoms. The largest absolute Gasteiger partial charge is 0.273 e. The molecule has 20 heavy (non-hydrogen) atoms. The van der Waals surface area contributed by atoms with Crippen LogP contribution in [0, 0.1) is 6.92 Å². The summed E-state index contributed by atoms with van der Waals surface area (Å²) < 4.78 is 0. The van der Waals surface area contributed by atoms with Crippen molar-refractivity contribution in [3.8, 4) is 0 Å². The van der Waals surface area contributed by atoms with Crippen LogP contribution in [0.2, 0.25) is 0 Å². The normalized spacial score (nSPS) is 11.4. The minimum atomic E-state index is -0.0542. The van der Waals surface area contributed by atoms with Crippen molar-refractivity contribution < 1.29 is 4.79 Å². The second-order valence-electron chi connectivity index (χ2n) is 4.63. The first-order valence-electron chi connectivity index (χ1n) is 6.59. The first-order valence-corrected chi connectivity index (χ1v) is 7.40. The van der Waals surface area contributed by atoms with Crippen molar-refractivity contribution in [2.75, 3.05) is 0 Å². The van der Waals surface area contributed by atoms with Crippen LogP contribution < -0.4 is 5.43 Å². The van der Waals surface area contributed by atoms with Gasteiger partial charge in [-0.05, 0) is 38.0 Å². The van der Waals surface area contributed by atoms with Crippen molar-refractivity contribution in [1.82, 2.24) is 5.43 Å². The lowest BCUT2D eigenvalue weighted by molar-refractivity contribution is -0.121. The average molecular weight is 286 g/mol. The second kappa shape index (κ2) is 7.01. The number of nitrogens with one attached hydrogen (secondary N) is 1. The van der Waals surface area contributed by atoms with Gasteiger partial charge in [-0.15, -0.1) is 11.3 Å². The highest BCUT2D eigenvalue weighted by Gasteiger charge is 2.03. The molecule has 0 aliphatic heterocycles. The molecule has 1 aromatic heterocycles. The van der Waals surface area contributed by atoms with Gasteiger partial charge in [0.1, 0.15) is 0 Å². The number of thiophene rings is 1. The predicted molar refractivity (Wildman–Crippen MR) is 84.2 cm³/mol. The van der Waals surface area contributed by atoms with Crippen LogP contribution in [0.4, 0.5) is 0 Å². The molecular weight excluding hydrogens is 268 g/mol. The van der Waals surface area contributed by atoms with E-state index >= 15 is 0 Å². The highest BCUT2D eigenvalue weighted by molar-refractivity contribution is 7.14. The van der Waals surface area contributed by atoms with Crippen LogP contribution in [0.15, 0.2) is 47.6 Å². The summed E-state index contributed by atoms with van der Waals surface area (Å²) in [5, 5.41) is 4.15. The van der Waals surface area contributed by atoms with E-state index in [9.17, 15) is 4.79 Å². The Morgan fingerprint density at radius 3 is 2.60 bits per heavy atom. The molecular formula is C16H18N2OS. The predicted octanol–water partition coefficient (Wildman–Crippen LogP) is 3.53. The standard InChI is InChI=1S/C16H18N2OS/c1-12-8-10-15(20-12)13(2)17-18-16(19)11-9-14-6-4-3-5-7-14/h3-8,10H,9,11H2,1-2H3,(H,18,19)/b17-13+. The van der Waals surface area contributed by atoms with Gasteiger partial charge in [0.2, 0.25) is 5.91 Å². The third kappa shape index (κ3) is 4.31. The van der Waals surface area contributed by atoms with Crippen molar-refractivity contribution in [1.29, 1.82) is 0 Å². The van der Waals surface area contributed by atoms with Crippen LogP contribution in [0.3, 0.4) is 0 Å². The van der Waals surface area contributed by atoms with Crippen LogP contribution in [-0.2, 0) is 11.2 Å². The molecule has 4 heteroatoms. The summed E-state index contributed by atoms with van der Waals surface area (Å²) in [5.41, 5.74) is 4.62. The molecule has 0 atom stereocenters. The van der Waals surface area contributed by atoms with E-state index in [4.69, 9.17) is 0 Å². The summed E-state index contributed by atoms with van der Waals surface area (Å²) in [6.07, 6.45) is 1.18. The number of amides is 1. The van der Waals surface area contributed by atoms with E-state index in [1.54, 1.807) is 11.3 Å². The summed E-state index contributed by atoms with van der Waals surface area (Å²) in [6.45, 7) is 3.96. The van der Waals surface area contributed by atoms with E-state index in [1.165, 1.54) is 4.88 Å². The van der Waals surface area contributed by atoms with E-state index < -0.39 is 0 Å². The lowest BCUT2D eigenvalue weighted by atomic mass is 10.1. The fourth-order valence-corrected chi connectivity index (χ4v) is 2.60. The van der Waals surface area contributed by atoms with Crippen LogP contribution in [0.1, 0.15) is 28.7 Å². The number of hydrogen-bond acceptors (Lipinski definition) is 3. The summed E-state index contributed by atoms with van der Waals surface area (Å²) in [5.74, 6) is -0.0542. The Hall–Kier alpha value is -1.94. The number of aryl methyl sites for hydroxylation is 2. The Bertz CT molecular complexity index is 602. The van der Waals surface area contributed by atoms with Crippen molar-refractivity contribution in [2.24, 2.45) is 5.10 Å². The summed E-state index contributed by atoms with van der Waals surface area (Å²) in [6, 6.07) is 14.1. The lowest BCUT2D eigenvalue weighted by Gasteiger charge is -2.02. The number of hydrazone groups is 1. The fraction of sp³-hybridized carbons (Fsp3) is 0.250. The van der Waals surface area contributed by atoms with Crippen molar-refractivity contribution in [3.63, 3.8) is 0 Å². The molecule has 2 aromatic rings. The molecule has 104 valence electrons. The molecule has 0 radical (unpaired) electrons. The zero-order valence-electron chi connectivity index (χ0n) is 11.7. The Morgan fingerprint density at radius 2 is 1.95 bits per heavy atom. The third-order valence-electron chi connectivity index (χ3n) is 2.93. The lowest BCUT2D eigenvalue weighted by Crippen LogP contribution is -2.19. The van der Waals surface area contributed by atoms with Crippen LogP contribution in [0.5, 0.6) is 0 Å². The van der Waals surface area contributed by atoms with Gasteiger partial charge in [0, 0.05) is 11.3 Å². The van der Waals surface area contributed by atoms with Gasteiger partial charge in [-0.2, -0.15) is 5.10 Å². The number of rotatable bonds is 5.